The number of benzene rings is 3. The molecule has 6 heteroatoms. The topological polar surface area (TPSA) is 88.8 Å². The van der Waals surface area contributed by atoms with E-state index >= 15 is 0 Å². The van der Waals surface area contributed by atoms with Crippen LogP contribution in [0.2, 0.25) is 0 Å². The molecule has 1 heterocycles. The van der Waals surface area contributed by atoms with Crippen molar-refractivity contribution in [1.29, 1.82) is 0 Å². The summed E-state index contributed by atoms with van der Waals surface area (Å²) in [6.45, 7) is 8.16. The summed E-state index contributed by atoms with van der Waals surface area (Å²) in [5, 5.41) is 14.0. The maximum atomic E-state index is 14.0. The second kappa shape index (κ2) is 20.0. The van der Waals surface area contributed by atoms with Gasteiger partial charge in [-0.3, -0.25) is 4.79 Å². The van der Waals surface area contributed by atoms with Crippen molar-refractivity contribution in [2.75, 3.05) is 13.2 Å². The number of furan rings is 1. The molecule has 0 fully saturated rings. The Bertz CT molecular complexity index is 1700. The number of rotatable bonds is 19. The van der Waals surface area contributed by atoms with Crippen molar-refractivity contribution in [3.8, 4) is 11.8 Å². The van der Waals surface area contributed by atoms with Gasteiger partial charge >= 0.3 is 5.97 Å². The average Bonchev–Trinajstić information content (AvgIpc) is 3.50. The molecule has 6 nitrogen and oxygen atoms in total. The third kappa shape index (κ3) is 11.0. The predicted octanol–water partition coefficient (Wildman–Crippen LogP) is 8.88. The summed E-state index contributed by atoms with van der Waals surface area (Å²) in [5.41, 5.74) is 4.51. The zero-order valence-corrected chi connectivity index (χ0v) is 29.1. The van der Waals surface area contributed by atoms with Crippen molar-refractivity contribution in [3.63, 3.8) is 0 Å². The van der Waals surface area contributed by atoms with Crippen molar-refractivity contribution >= 4 is 22.8 Å². The molecule has 1 amide bonds. The predicted molar refractivity (Wildman–Crippen MR) is 198 cm³/mol. The number of fused-ring (bicyclic) bond motifs is 1. The zero-order valence-electron chi connectivity index (χ0n) is 29.1. The van der Waals surface area contributed by atoms with Gasteiger partial charge in [0.25, 0.3) is 0 Å². The van der Waals surface area contributed by atoms with Gasteiger partial charge in [0, 0.05) is 18.2 Å². The minimum Gasteiger partial charge on any atom is -0.462 e. The van der Waals surface area contributed by atoms with Crippen molar-refractivity contribution in [2.24, 2.45) is 0 Å². The molecule has 4 aromatic rings. The molecule has 0 spiro atoms. The Morgan fingerprint density at radius 1 is 0.939 bits per heavy atom. The first-order valence-corrected chi connectivity index (χ1v) is 17.8. The molecule has 258 valence electrons. The quantitative estimate of drug-likeness (QED) is 0.0454. The van der Waals surface area contributed by atoms with Gasteiger partial charge in [0.15, 0.2) is 5.58 Å². The van der Waals surface area contributed by atoms with Gasteiger partial charge in [0.1, 0.15) is 11.3 Å². The lowest BCUT2D eigenvalue weighted by Crippen LogP contribution is -2.42. The van der Waals surface area contributed by atoms with Crippen molar-refractivity contribution < 1.29 is 23.8 Å². The Morgan fingerprint density at radius 3 is 2.37 bits per heavy atom. The minimum atomic E-state index is -0.545. The van der Waals surface area contributed by atoms with E-state index in [1.54, 1.807) is 0 Å². The fourth-order valence-corrected chi connectivity index (χ4v) is 5.95. The Labute approximate surface area is 292 Å². The van der Waals surface area contributed by atoms with Crippen LogP contribution in [0.15, 0.2) is 89.9 Å². The molecule has 0 radical (unpaired) electrons. The van der Waals surface area contributed by atoms with E-state index in [0.29, 0.717) is 53.7 Å². The van der Waals surface area contributed by atoms with Gasteiger partial charge < -0.3 is 19.6 Å². The van der Waals surface area contributed by atoms with E-state index in [1.807, 2.05) is 78.9 Å². The number of amides is 1. The number of aliphatic hydroxyl groups excluding tert-OH is 1. The molecule has 2 N–H and O–H groups in total. The summed E-state index contributed by atoms with van der Waals surface area (Å²) in [6.07, 6.45) is 10.5. The van der Waals surface area contributed by atoms with E-state index < -0.39 is 17.9 Å². The number of aryl methyl sites for hydroxylation is 1. The van der Waals surface area contributed by atoms with Gasteiger partial charge in [-0.2, -0.15) is 0 Å². The molecule has 0 aliphatic heterocycles. The third-order valence-corrected chi connectivity index (χ3v) is 8.65. The van der Waals surface area contributed by atoms with Crippen LogP contribution in [-0.2, 0) is 28.8 Å². The van der Waals surface area contributed by atoms with Crippen LogP contribution < -0.4 is 5.32 Å². The highest BCUT2D eigenvalue weighted by Crippen LogP contribution is 2.34. The van der Waals surface area contributed by atoms with E-state index in [9.17, 15) is 14.7 Å². The average molecular weight is 662 g/mol. The fraction of sp³-hybridized carbons (Fsp3) is 0.395. The molecule has 1 unspecified atom stereocenters. The largest absolute Gasteiger partial charge is 0.462 e. The minimum absolute atomic E-state index is 0.174. The lowest BCUT2D eigenvalue weighted by molar-refractivity contribution is -0.123. The highest BCUT2D eigenvalue weighted by Gasteiger charge is 2.27. The van der Waals surface area contributed by atoms with Crippen LogP contribution in [0.5, 0.6) is 0 Å². The van der Waals surface area contributed by atoms with Gasteiger partial charge in [0.05, 0.1) is 30.7 Å². The molecular weight excluding hydrogens is 610 g/mol. The van der Waals surface area contributed by atoms with E-state index in [1.165, 1.54) is 0 Å². The van der Waals surface area contributed by atoms with Crippen LogP contribution in [0, 0.1) is 11.8 Å². The first-order valence-electron chi connectivity index (χ1n) is 17.8. The lowest BCUT2D eigenvalue weighted by atomic mass is 9.89. The van der Waals surface area contributed by atoms with E-state index in [4.69, 9.17) is 9.15 Å². The van der Waals surface area contributed by atoms with Gasteiger partial charge in [-0.15, -0.1) is 6.58 Å². The standard InChI is InChI=1S/C43H51NO5/c1-4-7-10-16-24-35-27-33(30-38-40(39(25-9-6-3)49-41(35)38)43(47)48-26-19-11-8-5-2)29-37(34-22-17-13-18-23-34)42(46)44-36(31-45)28-32-20-14-12-15-21-32/h5,12-15,17-18,20-23,27,30,36-37,45H,2,4,6-11,19,25-26,28-29,31H2,1,3H3,(H,44,46)/t36-,37?/m0/s1. The van der Waals surface area contributed by atoms with Crippen LogP contribution >= 0.6 is 0 Å². The molecule has 49 heavy (non-hydrogen) atoms. The summed E-state index contributed by atoms with van der Waals surface area (Å²) in [6, 6.07) is 23.1. The number of nitrogens with one attached hydrogen (secondary N) is 1. The molecule has 2 atom stereocenters. The smallest absolute Gasteiger partial charge is 0.342 e. The van der Waals surface area contributed by atoms with E-state index in [2.05, 4.69) is 37.6 Å². The molecular formula is C43H51NO5. The molecule has 0 bridgehead atoms. The molecule has 0 aliphatic rings. The highest BCUT2D eigenvalue weighted by molar-refractivity contribution is 6.06. The Hall–Kier alpha value is -4.60. The molecule has 0 aliphatic carbocycles. The normalized spacial score (nSPS) is 12.1. The number of aliphatic hydroxyl groups is 1. The molecule has 1 aromatic heterocycles. The maximum absolute atomic E-state index is 14.0. The summed E-state index contributed by atoms with van der Waals surface area (Å²) >= 11 is 0. The third-order valence-electron chi connectivity index (χ3n) is 8.65. The fourth-order valence-electron chi connectivity index (χ4n) is 5.95. The SMILES string of the molecule is C=CCCCCOC(=O)c1c(CCCC)oc2c(C#CCCCC)cc(CC(C(=O)N[C@H](CO)Cc3ccccc3)c3ccccc3)cc12. The van der Waals surface area contributed by atoms with Crippen molar-refractivity contribution in [2.45, 2.75) is 96.4 Å². The second-order valence-corrected chi connectivity index (χ2v) is 12.6. The lowest BCUT2D eigenvalue weighted by Gasteiger charge is -2.22. The highest BCUT2D eigenvalue weighted by atomic mass is 16.5. The number of esters is 1. The Balaban J connectivity index is 1.74. The van der Waals surface area contributed by atoms with Crippen molar-refractivity contribution in [3.05, 3.63) is 119 Å². The monoisotopic (exact) mass is 661 g/mol. The van der Waals surface area contributed by atoms with Gasteiger partial charge in [0.2, 0.25) is 5.91 Å². The van der Waals surface area contributed by atoms with E-state index in [-0.39, 0.29) is 12.5 Å². The molecule has 4 rings (SSSR count). The second-order valence-electron chi connectivity index (χ2n) is 12.6. The Kier molecular flexibility index (Phi) is 15.2. The molecule has 3 aromatic carbocycles. The number of hydrogen-bond donors (Lipinski definition) is 2. The maximum Gasteiger partial charge on any atom is 0.342 e. The Morgan fingerprint density at radius 2 is 1.67 bits per heavy atom. The van der Waals surface area contributed by atoms with Crippen molar-refractivity contribution in [1.82, 2.24) is 5.32 Å². The van der Waals surface area contributed by atoms with Crippen LogP contribution in [0.25, 0.3) is 11.0 Å². The number of allylic oxidation sites excluding steroid dienone is 1. The number of carbonyl (C=O) groups excluding carboxylic acids is 2. The van der Waals surface area contributed by atoms with Gasteiger partial charge in [-0.25, -0.2) is 4.79 Å². The first kappa shape index (κ1) is 37.2. The van der Waals surface area contributed by atoms with Crippen LogP contribution in [-0.4, -0.2) is 36.2 Å². The van der Waals surface area contributed by atoms with Gasteiger partial charge in [-0.05, 0) is 73.8 Å². The molecule has 0 saturated carbocycles. The zero-order chi connectivity index (χ0) is 34.8. The summed E-state index contributed by atoms with van der Waals surface area (Å²) in [4.78, 5) is 27.7. The summed E-state index contributed by atoms with van der Waals surface area (Å²) < 4.78 is 12.2. The van der Waals surface area contributed by atoms with Crippen LogP contribution in [0.3, 0.4) is 0 Å². The number of hydrogen-bond acceptors (Lipinski definition) is 5. The number of unbranched alkanes of at least 4 members (excludes halogenated alkanes) is 5. The molecule has 0 saturated heterocycles. The van der Waals surface area contributed by atoms with Crippen LogP contribution in [0.4, 0.5) is 0 Å². The summed E-state index contributed by atoms with van der Waals surface area (Å²) in [7, 11) is 0. The van der Waals surface area contributed by atoms with E-state index in [0.717, 1.165) is 68.1 Å². The first-order chi connectivity index (χ1) is 24.0. The summed E-state index contributed by atoms with van der Waals surface area (Å²) in [5.74, 6) is 6.14. The number of carbonyl (C=O) groups is 2. The number of ether oxygens (including phenoxy) is 1. The van der Waals surface area contributed by atoms with Gasteiger partial charge in [-0.1, -0.05) is 105 Å². The van der Waals surface area contributed by atoms with Crippen LogP contribution in [0.1, 0.15) is 110 Å².